The van der Waals surface area contributed by atoms with Crippen molar-refractivity contribution >= 4 is 45.6 Å². The van der Waals surface area contributed by atoms with E-state index in [1.54, 1.807) is 30.6 Å². The molecule has 8 heteroatoms. The molecule has 4 aromatic rings. The summed E-state index contributed by atoms with van der Waals surface area (Å²) in [6, 6.07) is 14.2. The van der Waals surface area contributed by atoms with E-state index in [2.05, 4.69) is 30.5 Å². The minimum absolute atomic E-state index is 0.275. The fraction of sp³-hybridized carbons (Fsp3) is 0.208. The first-order chi connectivity index (χ1) is 15.7. The summed E-state index contributed by atoms with van der Waals surface area (Å²) < 4.78 is 14.5. The van der Waals surface area contributed by atoms with Gasteiger partial charge in [-0.25, -0.2) is 9.37 Å². The Morgan fingerprint density at radius 3 is 2.69 bits per heavy atom. The fourth-order valence-electron chi connectivity index (χ4n) is 3.88. The number of hydrogen-bond acceptors (Lipinski definition) is 6. The molecule has 162 valence electrons. The molecule has 0 radical (unpaired) electrons. The van der Waals surface area contributed by atoms with E-state index in [-0.39, 0.29) is 5.82 Å². The Labute approximate surface area is 190 Å². The molecule has 0 aliphatic carbocycles. The first-order valence-electron chi connectivity index (χ1n) is 10.6. The minimum atomic E-state index is -0.275. The summed E-state index contributed by atoms with van der Waals surface area (Å²) in [5.74, 6) is 1.12. The van der Waals surface area contributed by atoms with E-state index in [0.29, 0.717) is 28.9 Å². The fourth-order valence-corrected chi connectivity index (χ4v) is 4.04. The van der Waals surface area contributed by atoms with Crippen molar-refractivity contribution in [2.75, 3.05) is 28.6 Å². The topological polar surface area (TPSA) is 66.0 Å². The van der Waals surface area contributed by atoms with Crippen molar-refractivity contribution in [3.8, 4) is 0 Å². The molecule has 0 bridgehead atoms. The van der Waals surface area contributed by atoms with E-state index in [0.717, 1.165) is 48.2 Å². The summed E-state index contributed by atoms with van der Waals surface area (Å²) in [5, 5.41) is 8.17. The Morgan fingerprint density at radius 1 is 0.969 bits per heavy atom. The van der Waals surface area contributed by atoms with Crippen LogP contribution in [0.4, 0.5) is 27.5 Å². The van der Waals surface area contributed by atoms with Crippen molar-refractivity contribution in [3.63, 3.8) is 0 Å². The van der Waals surface area contributed by atoms with Gasteiger partial charge in [-0.2, -0.15) is 4.98 Å². The number of anilines is 4. The lowest BCUT2D eigenvalue weighted by Crippen LogP contribution is -2.20. The summed E-state index contributed by atoms with van der Waals surface area (Å²) in [6.07, 6.45) is 5.77. The normalized spacial score (nSPS) is 13.5. The molecule has 0 unspecified atom stereocenters. The summed E-state index contributed by atoms with van der Waals surface area (Å²) >= 11 is 6.08. The molecule has 2 N–H and O–H groups in total. The van der Waals surface area contributed by atoms with Crippen molar-refractivity contribution in [2.24, 2.45) is 0 Å². The van der Waals surface area contributed by atoms with Gasteiger partial charge in [0, 0.05) is 59.4 Å². The van der Waals surface area contributed by atoms with Gasteiger partial charge in [-0.3, -0.25) is 4.98 Å². The molecule has 0 saturated carbocycles. The van der Waals surface area contributed by atoms with Crippen LogP contribution < -0.4 is 15.5 Å². The first kappa shape index (κ1) is 20.5. The lowest BCUT2D eigenvalue weighted by Gasteiger charge is -2.16. The molecule has 32 heavy (non-hydrogen) atoms. The molecular weight excluding hydrogens is 427 g/mol. The molecule has 1 saturated heterocycles. The van der Waals surface area contributed by atoms with E-state index in [4.69, 9.17) is 11.6 Å². The van der Waals surface area contributed by atoms with Gasteiger partial charge in [0.25, 0.3) is 0 Å². The quantitative estimate of drug-likeness (QED) is 0.390. The van der Waals surface area contributed by atoms with Gasteiger partial charge in [0.05, 0.1) is 5.52 Å². The van der Waals surface area contributed by atoms with Crippen LogP contribution in [0.15, 0.2) is 60.9 Å². The molecule has 1 fully saturated rings. The largest absolute Gasteiger partial charge is 0.366 e. The second-order valence-corrected chi connectivity index (χ2v) is 8.18. The summed E-state index contributed by atoms with van der Waals surface area (Å²) in [5.41, 5.74) is 3.00. The lowest BCUT2D eigenvalue weighted by atomic mass is 10.1. The molecule has 0 spiro atoms. The second kappa shape index (κ2) is 8.96. The predicted octanol–water partition coefficient (Wildman–Crippen LogP) is 5.77. The SMILES string of the molecule is Fc1ccc(Nc2ccnc3cc(Cl)ccc23)cc1CNc1ccnc(N2CCCC2)n1. The van der Waals surface area contributed by atoms with Crippen molar-refractivity contribution in [2.45, 2.75) is 19.4 Å². The molecule has 3 heterocycles. The Kier molecular flexibility index (Phi) is 5.73. The van der Waals surface area contributed by atoms with Gasteiger partial charge in [-0.05, 0) is 61.4 Å². The van der Waals surface area contributed by atoms with Crippen LogP contribution >= 0.6 is 11.6 Å². The van der Waals surface area contributed by atoms with Gasteiger partial charge >= 0.3 is 0 Å². The van der Waals surface area contributed by atoms with E-state index in [1.807, 2.05) is 24.3 Å². The first-order valence-corrected chi connectivity index (χ1v) is 11.0. The number of nitrogens with one attached hydrogen (secondary N) is 2. The molecule has 1 aliphatic heterocycles. The number of pyridine rings is 1. The summed E-state index contributed by atoms with van der Waals surface area (Å²) in [4.78, 5) is 15.5. The number of halogens is 2. The highest BCUT2D eigenvalue weighted by molar-refractivity contribution is 6.31. The highest BCUT2D eigenvalue weighted by atomic mass is 35.5. The number of nitrogens with zero attached hydrogens (tertiary/aromatic N) is 4. The zero-order valence-electron chi connectivity index (χ0n) is 17.4. The van der Waals surface area contributed by atoms with Crippen LogP contribution in [0.2, 0.25) is 5.02 Å². The maximum Gasteiger partial charge on any atom is 0.227 e. The standard InChI is InChI=1S/C24H22ClFN6/c25-17-3-5-19-21(7-9-27-22(19)14-17)30-18-4-6-20(26)16(13-18)15-29-23-8-10-28-24(31-23)32-11-1-2-12-32/h3-10,13-14H,1-2,11-12,15H2,(H,27,30)(H,28,29,31). The lowest BCUT2D eigenvalue weighted by molar-refractivity contribution is 0.613. The van der Waals surface area contributed by atoms with Crippen molar-refractivity contribution in [1.82, 2.24) is 15.0 Å². The number of fused-ring (bicyclic) bond motifs is 1. The maximum absolute atomic E-state index is 14.5. The Balaban J connectivity index is 1.33. The van der Waals surface area contributed by atoms with Gasteiger partial charge in [0.1, 0.15) is 11.6 Å². The van der Waals surface area contributed by atoms with E-state index in [1.165, 1.54) is 6.07 Å². The third-order valence-corrected chi connectivity index (χ3v) is 5.76. The number of rotatable bonds is 6. The van der Waals surface area contributed by atoms with Crippen LogP contribution in [-0.2, 0) is 6.54 Å². The third kappa shape index (κ3) is 4.43. The molecular formula is C24H22ClFN6. The molecule has 2 aromatic heterocycles. The summed E-state index contributed by atoms with van der Waals surface area (Å²) in [6.45, 7) is 2.26. The van der Waals surface area contributed by atoms with Crippen LogP contribution in [0.5, 0.6) is 0 Å². The van der Waals surface area contributed by atoms with Crippen molar-refractivity contribution in [3.05, 3.63) is 77.3 Å². The van der Waals surface area contributed by atoms with Gasteiger partial charge < -0.3 is 15.5 Å². The second-order valence-electron chi connectivity index (χ2n) is 7.74. The molecule has 1 aliphatic rings. The van der Waals surface area contributed by atoms with Crippen molar-refractivity contribution in [1.29, 1.82) is 0 Å². The van der Waals surface area contributed by atoms with Gasteiger partial charge in [0.2, 0.25) is 5.95 Å². The highest BCUT2D eigenvalue weighted by Gasteiger charge is 2.15. The van der Waals surface area contributed by atoms with Crippen LogP contribution in [-0.4, -0.2) is 28.0 Å². The maximum atomic E-state index is 14.5. The Morgan fingerprint density at radius 2 is 1.81 bits per heavy atom. The zero-order chi connectivity index (χ0) is 21.9. The predicted molar refractivity (Wildman–Crippen MR) is 127 cm³/mol. The molecule has 2 aromatic carbocycles. The molecule has 6 nitrogen and oxygen atoms in total. The average molecular weight is 449 g/mol. The molecule has 5 rings (SSSR count). The third-order valence-electron chi connectivity index (χ3n) is 5.52. The van der Waals surface area contributed by atoms with Gasteiger partial charge in [0.15, 0.2) is 0 Å². The number of benzene rings is 2. The van der Waals surface area contributed by atoms with E-state index < -0.39 is 0 Å². The summed E-state index contributed by atoms with van der Waals surface area (Å²) in [7, 11) is 0. The molecule has 0 amide bonds. The number of aromatic nitrogens is 3. The van der Waals surface area contributed by atoms with E-state index >= 15 is 0 Å². The van der Waals surface area contributed by atoms with Crippen LogP contribution in [0.3, 0.4) is 0 Å². The Bertz CT molecular complexity index is 1260. The minimum Gasteiger partial charge on any atom is -0.366 e. The van der Waals surface area contributed by atoms with E-state index in [9.17, 15) is 4.39 Å². The molecule has 0 atom stereocenters. The number of hydrogen-bond donors (Lipinski definition) is 2. The monoisotopic (exact) mass is 448 g/mol. The van der Waals surface area contributed by atoms with Crippen molar-refractivity contribution < 1.29 is 4.39 Å². The zero-order valence-corrected chi connectivity index (χ0v) is 18.1. The average Bonchev–Trinajstić information content (AvgIpc) is 3.35. The van der Waals surface area contributed by atoms with Crippen LogP contribution in [0.1, 0.15) is 18.4 Å². The van der Waals surface area contributed by atoms with Gasteiger partial charge in [-0.1, -0.05) is 11.6 Å². The van der Waals surface area contributed by atoms with Crippen LogP contribution in [0.25, 0.3) is 10.9 Å². The smallest absolute Gasteiger partial charge is 0.227 e. The Hall–Kier alpha value is -3.45. The van der Waals surface area contributed by atoms with Gasteiger partial charge in [-0.15, -0.1) is 0 Å². The highest BCUT2D eigenvalue weighted by Crippen LogP contribution is 2.28. The van der Waals surface area contributed by atoms with Crippen LogP contribution in [0, 0.1) is 5.82 Å².